The molecule has 1 unspecified atom stereocenters. The van der Waals surface area contributed by atoms with Crippen molar-refractivity contribution in [2.75, 3.05) is 0 Å². The number of aryl methyl sites for hydroxylation is 1. The molecule has 0 aliphatic heterocycles. The first kappa shape index (κ1) is 19.0. The Hall–Kier alpha value is -2.34. The normalized spacial score (nSPS) is 16.3. The zero-order valence-corrected chi connectivity index (χ0v) is 16.9. The third-order valence-electron chi connectivity index (χ3n) is 5.49. The van der Waals surface area contributed by atoms with E-state index < -0.39 is 0 Å². The number of aromatic nitrogens is 2. The van der Waals surface area contributed by atoms with Crippen molar-refractivity contribution in [3.05, 3.63) is 62.3 Å². The Balaban J connectivity index is 1.87. The monoisotopic (exact) mass is 398 g/mol. The van der Waals surface area contributed by atoms with E-state index in [1.54, 1.807) is 34.1 Å². The van der Waals surface area contributed by atoms with Crippen LogP contribution in [0.3, 0.4) is 0 Å². The van der Waals surface area contributed by atoms with E-state index in [1.165, 1.54) is 17.9 Å². The molecule has 0 amide bonds. The second-order valence-corrected chi connectivity index (χ2v) is 8.82. The van der Waals surface area contributed by atoms with Crippen LogP contribution < -0.4 is 5.56 Å². The van der Waals surface area contributed by atoms with Gasteiger partial charge < -0.3 is 0 Å². The summed E-state index contributed by atoms with van der Waals surface area (Å²) in [6.45, 7) is 4.03. The molecule has 28 heavy (non-hydrogen) atoms. The maximum absolute atomic E-state index is 14.2. The number of Topliss-reactive ketones (excluding diaryl/α,β-unsaturated/α-hetero) is 1. The topological polar surface area (TPSA) is 52.0 Å². The summed E-state index contributed by atoms with van der Waals surface area (Å²) in [5.41, 5.74) is 1.54. The number of halogens is 1. The van der Waals surface area contributed by atoms with Gasteiger partial charge in [-0.3, -0.25) is 14.2 Å². The van der Waals surface area contributed by atoms with E-state index in [0.29, 0.717) is 22.7 Å². The largest absolute Gasteiger partial charge is 0.300 e. The predicted molar refractivity (Wildman–Crippen MR) is 110 cm³/mol. The summed E-state index contributed by atoms with van der Waals surface area (Å²) < 4.78 is 15.8. The van der Waals surface area contributed by atoms with E-state index >= 15 is 0 Å². The lowest BCUT2D eigenvalue weighted by molar-refractivity contribution is -0.117. The number of carbonyl (C=O) groups excluding carboxylic acids is 1. The van der Waals surface area contributed by atoms with Crippen LogP contribution in [0.5, 0.6) is 0 Å². The molecule has 3 aromatic rings. The second-order valence-electron chi connectivity index (χ2n) is 7.74. The third kappa shape index (κ3) is 3.53. The fourth-order valence-electron chi connectivity index (χ4n) is 3.91. The van der Waals surface area contributed by atoms with Gasteiger partial charge in [-0.2, -0.15) is 0 Å². The van der Waals surface area contributed by atoms with Crippen LogP contribution in [0.2, 0.25) is 0 Å². The fraction of sp³-hybridized carbons (Fsp3) is 0.409. The van der Waals surface area contributed by atoms with Gasteiger partial charge in [0.2, 0.25) is 0 Å². The summed E-state index contributed by atoms with van der Waals surface area (Å²) in [7, 11) is 0. The number of benzene rings is 1. The van der Waals surface area contributed by atoms with Gasteiger partial charge in [0.05, 0.1) is 5.39 Å². The quantitative estimate of drug-likeness (QED) is 0.644. The molecule has 0 fully saturated rings. The minimum absolute atomic E-state index is 0.0185. The minimum atomic E-state index is -0.311. The zero-order valence-electron chi connectivity index (χ0n) is 16.1. The van der Waals surface area contributed by atoms with Crippen molar-refractivity contribution in [2.45, 2.75) is 52.5 Å². The number of ketones is 1. The van der Waals surface area contributed by atoms with Crippen LogP contribution in [0.15, 0.2) is 29.1 Å². The Morgan fingerprint density at radius 3 is 2.89 bits per heavy atom. The SMILES string of the molecule is CC(=O)CCn1c(Cc2ccccc2F)nc2sc3c(c2c1=O)CCC(C)C3. The van der Waals surface area contributed by atoms with Crippen molar-refractivity contribution in [1.82, 2.24) is 9.55 Å². The Bertz CT molecular complexity index is 1120. The van der Waals surface area contributed by atoms with Gasteiger partial charge in [-0.05, 0) is 49.3 Å². The van der Waals surface area contributed by atoms with Crippen molar-refractivity contribution in [2.24, 2.45) is 5.92 Å². The standard InChI is InChI=1S/C22H23FN2O2S/c1-13-7-8-16-18(11-13)28-21-20(16)22(27)25(10-9-14(2)26)19(24-21)12-15-5-3-4-6-17(15)23/h3-6,13H,7-12H2,1-2H3. The van der Waals surface area contributed by atoms with E-state index in [1.807, 2.05) is 0 Å². The van der Waals surface area contributed by atoms with Crippen LogP contribution in [0.4, 0.5) is 4.39 Å². The lowest BCUT2D eigenvalue weighted by Gasteiger charge is -2.18. The van der Waals surface area contributed by atoms with Crippen molar-refractivity contribution in [3.63, 3.8) is 0 Å². The molecule has 146 valence electrons. The lowest BCUT2D eigenvalue weighted by atomic mass is 9.89. The fourth-order valence-corrected chi connectivity index (χ4v) is 5.30. The van der Waals surface area contributed by atoms with Gasteiger partial charge >= 0.3 is 0 Å². The highest BCUT2D eigenvalue weighted by Gasteiger charge is 2.25. The minimum Gasteiger partial charge on any atom is -0.300 e. The number of thiophene rings is 1. The van der Waals surface area contributed by atoms with Crippen molar-refractivity contribution < 1.29 is 9.18 Å². The van der Waals surface area contributed by atoms with Crippen LogP contribution in [-0.4, -0.2) is 15.3 Å². The van der Waals surface area contributed by atoms with Crippen LogP contribution in [-0.2, 0) is 30.6 Å². The molecule has 0 radical (unpaired) electrons. The molecule has 2 heterocycles. The smallest absolute Gasteiger partial charge is 0.262 e. The van der Waals surface area contributed by atoms with Gasteiger partial charge in [0, 0.05) is 24.3 Å². The lowest BCUT2D eigenvalue weighted by Crippen LogP contribution is -2.27. The Kier molecular flexibility index (Phi) is 5.15. The average Bonchev–Trinajstić information content (AvgIpc) is 3.00. The molecule has 0 saturated carbocycles. The van der Waals surface area contributed by atoms with E-state index in [2.05, 4.69) is 6.92 Å². The molecule has 1 aliphatic carbocycles. The van der Waals surface area contributed by atoms with E-state index in [0.717, 1.165) is 29.7 Å². The average molecular weight is 399 g/mol. The summed E-state index contributed by atoms with van der Waals surface area (Å²) in [4.78, 5) is 31.7. The molecule has 1 atom stereocenters. The van der Waals surface area contributed by atoms with E-state index in [-0.39, 0.29) is 36.5 Å². The van der Waals surface area contributed by atoms with Crippen molar-refractivity contribution in [3.8, 4) is 0 Å². The van der Waals surface area contributed by atoms with Gasteiger partial charge in [0.25, 0.3) is 5.56 Å². The predicted octanol–water partition coefficient (Wildman–Crippen LogP) is 4.29. The van der Waals surface area contributed by atoms with Gasteiger partial charge in [0.15, 0.2) is 0 Å². The van der Waals surface area contributed by atoms with Crippen LogP contribution in [0, 0.1) is 11.7 Å². The Morgan fingerprint density at radius 2 is 2.14 bits per heavy atom. The summed E-state index contributed by atoms with van der Waals surface area (Å²) in [5, 5.41) is 0.702. The van der Waals surface area contributed by atoms with Gasteiger partial charge in [-0.1, -0.05) is 25.1 Å². The molecule has 0 saturated heterocycles. The summed E-state index contributed by atoms with van der Waals surface area (Å²) in [5.74, 6) is 0.841. The highest BCUT2D eigenvalue weighted by Crippen LogP contribution is 2.36. The second kappa shape index (κ2) is 7.59. The number of fused-ring (bicyclic) bond motifs is 3. The Labute approximate surface area is 167 Å². The molecular formula is C22H23FN2O2S. The molecule has 0 N–H and O–H groups in total. The molecule has 4 rings (SSSR count). The number of hydrogen-bond acceptors (Lipinski definition) is 4. The van der Waals surface area contributed by atoms with Gasteiger partial charge in [-0.25, -0.2) is 9.37 Å². The first-order chi connectivity index (χ1) is 13.4. The third-order valence-corrected chi connectivity index (χ3v) is 6.64. The van der Waals surface area contributed by atoms with Crippen molar-refractivity contribution in [1.29, 1.82) is 0 Å². The molecule has 0 spiro atoms. The number of nitrogens with zero attached hydrogens (tertiary/aromatic N) is 2. The maximum atomic E-state index is 14.2. The van der Waals surface area contributed by atoms with Crippen molar-refractivity contribution >= 4 is 27.3 Å². The van der Waals surface area contributed by atoms with Gasteiger partial charge in [-0.15, -0.1) is 11.3 Å². The molecular weight excluding hydrogens is 375 g/mol. The van der Waals surface area contributed by atoms with Gasteiger partial charge in [0.1, 0.15) is 22.3 Å². The maximum Gasteiger partial charge on any atom is 0.262 e. The summed E-state index contributed by atoms with van der Waals surface area (Å²) >= 11 is 1.59. The number of rotatable bonds is 5. The van der Waals surface area contributed by atoms with Crippen LogP contribution in [0.25, 0.3) is 10.2 Å². The highest BCUT2D eigenvalue weighted by atomic mass is 32.1. The number of hydrogen-bond donors (Lipinski definition) is 0. The molecule has 1 aromatic carbocycles. The first-order valence-electron chi connectivity index (χ1n) is 9.71. The van der Waals surface area contributed by atoms with Crippen LogP contribution in [0.1, 0.15) is 48.5 Å². The molecule has 4 nitrogen and oxygen atoms in total. The van der Waals surface area contributed by atoms with Crippen LogP contribution >= 0.6 is 11.3 Å². The Morgan fingerprint density at radius 1 is 1.36 bits per heavy atom. The molecule has 1 aliphatic rings. The highest BCUT2D eigenvalue weighted by molar-refractivity contribution is 7.18. The summed E-state index contributed by atoms with van der Waals surface area (Å²) in [6.07, 6.45) is 3.44. The van der Waals surface area contributed by atoms with E-state index in [9.17, 15) is 14.0 Å². The zero-order chi connectivity index (χ0) is 19.8. The first-order valence-corrected chi connectivity index (χ1v) is 10.5. The number of carbonyl (C=O) groups is 1. The molecule has 2 aromatic heterocycles. The van der Waals surface area contributed by atoms with E-state index in [4.69, 9.17) is 4.98 Å². The molecule has 0 bridgehead atoms. The molecule has 6 heteroatoms. The summed E-state index contributed by atoms with van der Waals surface area (Å²) in [6, 6.07) is 6.55.